The predicted octanol–water partition coefficient (Wildman–Crippen LogP) is 3.86. The van der Waals surface area contributed by atoms with E-state index in [1.54, 1.807) is 6.20 Å². The van der Waals surface area contributed by atoms with Crippen LogP contribution in [0.3, 0.4) is 0 Å². The highest BCUT2D eigenvalue weighted by Gasteiger charge is 2.11. The Bertz CT molecular complexity index is 588. The second-order valence-electron chi connectivity index (χ2n) is 6.27. The minimum absolute atomic E-state index is 0.0880. The zero-order valence-electron chi connectivity index (χ0n) is 13.3. The lowest BCUT2D eigenvalue weighted by atomic mass is 10.1. The van der Waals surface area contributed by atoms with Gasteiger partial charge in [0.25, 0.3) is 0 Å². The number of hydrogen-bond acceptors (Lipinski definition) is 3. The lowest BCUT2D eigenvalue weighted by Crippen LogP contribution is -2.35. The summed E-state index contributed by atoms with van der Waals surface area (Å²) in [5.41, 5.74) is 3.39. The van der Waals surface area contributed by atoms with E-state index in [4.69, 9.17) is 4.74 Å². The van der Waals surface area contributed by atoms with Crippen LogP contribution in [0.5, 0.6) is 5.75 Å². The van der Waals surface area contributed by atoms with Gasteiger partial charge < -0.3 is 10.1 Å². The van der Waals surface area contributed by atoms with E-state index in [9.17, 15) is 0 Å². The maximum absolute atomic E-state index is 5.97. The number of rotatable bonds is 5. The topological polar surface area (TPSA) is 34.1 Å². The summed E-state index contributed by atoms with van der Waals surface area (Å²) >= 11 is 0. The van der Waals surface area contributed by atoms with Crippen LogP contribution in [-0.4, -0.2) is 10.5 Å². The molecule has 21 heavy (non-hydrogen) atoms. The van der Waals surface area contributed by atoms with Crippen molar-refractivity contribution in [3.63, 3.8) is 0 Å². The summed E-state index contributed by atoms with van der Waals surface area (Å²) in [6.07, 6.45) is 1.80. The second-order valence-corrected chi connectivity index (χ2v) is 6.27. The summed E-state index contributed by atoms with van der Waals surface area (Å²) in [6, 6.07) is 12.1. The van der Waals surface area contributed by atoms with Crippen molar-refractivity contribution in [1.29, 1.82) is 0 Å². The van der Waals surface area contributed by atoms with Gasteiger partial charge in [-0.15, -0.1) is 0 Å². The van der Waals surface area contributed by atoms with Crippen molar-refractivity contribution in [2.45, 2.75) is 46.4 Å². The van der Waals surface area contributed by atoms with E-state index in [1.165, 1.54) is 5.56 Å². The van der Waals surface area contributed by atoms with E-state index in [2.05, 4.69) is 50.1 Å². The first-order chi connectivity index (χ1) is 9.96. The molecule has 0 aliphatic rings. The first-order valence-corrected chi connectivity index (χ1v) is 7.32. The lowest BCUT2D eigenvalue weighted by Gasteiger charge is -2.21. The molecule has 0 atom stereocenters. The Kier molecular flexibility index (Phi) is 4.97. The number of aromatic nitrogens is 1. The van der Waals surface area contributed by atoms with Crippen LogP contribution >= 0.6 is 0 Å². The SMILES string of the molecule is Cc1cccnc1COc1ccccc1CNC(C)(C)C. The van der Waals surface area contributed by atoms with E-state index in [0.717, 1.165) is 23.6 Å². The molecule has 2 rings (SSSR count). The van der Waals surface area contributed by atoms with Gasteiger partial charge in [-0.25, -0.2) is 0 Å². The fourth-order valence-corrected chi connectivity index (χ4v) is 1.97. The highest BCUT2D eigenvalue weighted by molar-refractivity contribution is 5.33. The maximum Gasteiger partial charge on any atom is 0.130 e. The molecular formula is C18H24N2O. The van der Waals surface area contributed by atoms with Crippen molar-refractivity contribution >= 4 is 0 Å². The number of aryl methyl sites for hydroxylation is 1. The standard InChI is InChI=1S/C18H24N2O/c1-14-8-7-11-19-16(14)13-21-17-10-6-5-9-15(17)12-20-18(2,3)4/h5-11,20H,12-13H2,1-4H3. The van der Waals surface area contributed by atoms with Crippen molar-refractivity contribution in [3.05, 3.63) is 59.4 Å². The van der Waals surface area contributed by atoms with Crippen LogP contribution in [0.25, 0.3) is 0 Å². The molecule has 0 aliphatic heterocycles. The van der Waals surface area contributed by atoms with Crippen LogP contribution in [-0.2, 0) is 13.2 Å². The number of para-hydroxylation sites is 1. The fourth-order valence-electron chi connectivity index (χ4n) is 1.97. The van der Waals surface area contributed by atoms with E-state index < -0.39 is 0 Å². The van der Waals surface area contributed by atoms with Crippen LogP contribution in [0.2, 0.25) is 0 Å². The zero-order chi connectivity index (χ0) is 15.3. The number of nitrogens with zero attached hydrogens (tertiary/aromatic N) is 1. The minimum Gasteiger partial charge on any atom is -0.487 e. The Hall–Kier alpha value is -1.87. The largest absolute Gasteiger partial charge is 0.487 e. The lowest BCUT2D eigenvalue weighted by molar-refractivity contribution is 0.294. The Morgan fingerprint density at radius 2 is 1.86 bits per heavy atom. The molecule has 0 saturated heterocycles. The average molecular weight is 284 g/mol. The normalized spacial score (nSPS) is 11.4. The second kappa shape index (κ2) is 6.72. The van der Waals surface area contributed by atoms with Gasteiger partial charge in [-0.3, -0.25) is 4.98 Å². The van der Waals surface area contributed by atoms with Gasteiger partial charge in [-0.1, -0.05) is 24.3 Å². The van der Waals surface area contributed by atoms with Gasteiger partial charge in [0.15, 0.2) is 0 Å². The predicted molar refractivity (Wildman–Crippen MR) is 86.3 cm³/mol. The number of benzene rings is 1. The molecule has 2 aromatic rings. The van der Waals surface area contributed by atoms with Gasteiger partial charge in [-0.05, 0) is 45.4 Å². The van der Waals surface area contributed by atoms with Gasteiger partial charge in [0, 0.05) is 23.8 Å². The highest BCUT2D eigenvalue weighted by atomic mass is 16.5. The summed E-state index contributed by atoms with van der Waals surface area (Å²) in [4.78, 5) is 4.37. The van der Waals surface area contributed by atoms with Crippen LogP contribution in [0.4, 0.5) is 0 Å². The molecular weight excluding hydrogens is 260 g/mol. The zero-order valence-corrected chi connectivity index (χ0v) is 13.3. The third-order valence-corrected chi connectivity index (χ3v) is 3.26. The molecule has 1 aromatic heterocycles. The number of pyridine rings is 1. The van der Waals surface area contributed by atoms with Crippen molar-refractivity contribution in [2.75, 3.05) is 0 Å². The Morgan fingerprint density at radius 1 is 1.10 bits per heavy atom. The third-order valence-electron chi connectivity index (χ3n) is 3.26. The molecule has 1 N–H and O–H groups in total. The number of hydrogen-bond donors (Lipinski definition) is 1. The van der Waals surface area contributed by atoms with E-state index in [0.29, 0.717) is 6.61 Å². The summed E-state index contributed by atoms with van der Waals surface area (Å²) in [7, 11) is 0. The molecule has 3 heteroatoms. The highest BCUT2D eigenvalue weighted by Crippen LogP contribution is 2.20. The van der Waals surface area contributed by atoms with Gasteiger partial charge >= 0.3 is 0 Å². The monoisotopic (exact) mass is 284 g/mol. The molecule has 0 amide bonds. The summed E-state index contributed by atoms with van der Waals surface area (Å²) in [5.74, 6) is 0.916. The molecule has 3 nitrogen and oxygen atoms in total. The minimum atomic E-state index is 0.0880. The first-order valence-electron chi connectivity index (χ1n) is 7.32. The van der Waals surface area contributed by atoms with Crippen LogP contribution < -0.4 is 10.1 Å². The first kappa shape index (κ1) is 15.5. The Morgan fingerprint density at radius 3 is 2.57 bits per heavy atom. The Balaban J connectivity index is 2.05. The Labute approximate surface area is 127 Å². The molecule has 0 unspecified atom stereocenters. The van der Waals surface area contributed by atoms with Crippen molar-refractivity contribution in [2.24, 2.45) is 0 Å². The summed E-state index contributed by atoms with van der Waals surface area (Å²) < 4.78 is 5.97. The molecule has 0 spiro atoms. The molecule has 0 fully saturated rings. The fraction of sp³-hybridized carbons (Fsp3) is 0.389. The number of ether oxygens (including phenoxy) is 1. The van der Waals surface area contributed by atoms with Crippen LogP contribution in [0.15, 0.2) is 42.6 Å². The van der Waals surface area contributed by atoms with Gasteiger partial charge in [-0.2, -0.15) is 0 Å². The van der Waals surface area contributed by atoms with Gasteiger partial charge in [0.05, 0.1) is 5.69 Å². The molecule has 0 aliphatic carbocycles. The van der Waals surface area contributed by atoms with Crippen LogP contribution in [0.1, 0.15) is 37.6 Å². The quantitative estimate of drug-likeness (QED) is 0.905. The smallest absolute Gasteiger partial charge is 0.130 e. The van der Waals surface area contributed by atoms with Crippen molar-refractivity contribution in [3.8, 4) is 5.75 Å². The number of nitrogens with one attached hydrogen (secondary N) is 1. The van der Waals surface area contributed by atoms with Crippen molar-refractivity contribution in [1.82, 2.24) is 10.3 Å². The molecule has 0 radical (unpaired) electrons. The van der Waals surface area contributed by atoms with E-state index in [1.807, 2.05) is 24.3 Å². The molecule has 0 bridgehead atoms. The van der Waals surface area contributed by atoms with Crippen molar-refractivity contribution < 1.29 is 4.74 Å². The summed E-state index contributed by atoms with van der Waals surface area (Å²) in [5, 5.41) is 3.49. The average Bonchev–Trinajstić information content (AvgIpc) is 2.44. The van der Waals surface area contributed by atoms with Gasteiger partial charge in [0.1, 0.15) is 12.4 Å². The van der Waals surface area contributed by atoms with Crippen LogP contribution in [0, 0.1) is 6.92 Å². The van der Waals surface area contributed by atoms with Gasteiger partial charge in [0.2, 0.25) is 0 Å². The maximum atomic E-state index is 5.97. The summed E-state index contributed by atoms with van der Waals surface area (Å²) in [6.45, 7) is 9.83. The van der Waals surface area contributed by atoms with E-state index in [-0.39, 0.29) is 5.54 Å². The molecule has 112 valence electrons. The molecule has 0 saturated carbocycles. The van der Waals surface area contributed by atoms with E-state index >= 15 is 0 Å². The molecule has 1 aromatic carbocycles. The molecule has 1 heterocycles. The third kappa shape index (κ3) is 4.87.